The zero-order valence-corrected chi connectivity index (χ0v) is 8.42. The largest absolute Gasteiger partial charge is 0.292 e. The summed E-state index contributed by atoms with van der Waals surface area (Å²) >= 11 is 0. The van der Waals surface area contributed by atoms with E-state index in [0.717, 1.165) is 17.5 Å². The van der Waals surface area contributed by atoms with Crippen molar-refractivity contribution in [2.75, 3.05) is 0 Å². The van der Waals surface area contributed by atoms with Crippen LogP contribution in [0.4, 0.5) is 0 Å². The number of aromatic nitrogens is 1. The maximum Gasteiger partial charge on any atom is 0.181 e. The Morgan fingerprint density at radius 2 is 2.08 bits per heavy atom. The van der Waals surface area contributed by atoms with Crippen molar-refractivity contribution in [3.63, 3.8) is 0 Å². The van der Waals surface area contributed by atoms with Gasteiger partial charge in [0.05, 0.1) is 0 Å². The fourth-order valence-corrected chi connectivity index (χ4v) is 1.13. The molecule has 0 aliphatic rings. The molecule has 0 amide bonds. The molecular formula is C11H15NO. The molecule has 0 N–H and O–H groups in total. The van der Waals surface area contributed by atoms with E-state index in [4.69, 9.17) is 0 Å². The number of nitrogens with zero attached hydrogens (tertiary/aromatic N) is 1. The molecule has 1 aromatic rings. The molecule has 0 radical (unpaired) electrons. The standard InChI is InChI=1S/C11H15NO/c1-4-5-11(13)10-6-8(2)9(3)7-12-10/h6-7H,4-5H2,1-3H3. The number of carbonyl (C=O) groups is 1. The number of ketones is 1. The van der Waals surface area contributed by atoms with Gasteiger partial charge in [0.25, 0.3) is 0 Å². The SMILES string of the molecule is CCCC(=O)c1cc(C)c(C)cn1. The molecule has 0 atom stereocenters. The van der Waals surface area contributed by atoms with Crippen LogP contribution in [0.1, 0.15) is 41.4 Å². The van der Waals surface area contributed by atoms with Gasteiger partial charge in [-0.2, -0.15) is 0 Å². The quantitative estimate of drug-likeness (QED) is 0.664. The van der Waals surface area contributed by atoms with Gasteiger partial charge >= 0.3 is 0 Å². The van der Waals surface area contributed by atoms with Crippen molar-refractivity contribution in [1.82, 2.24) is 4.98 Å². The van der Waals surface area contributed by atoms with Crippen LogP contribution in [0.5, 0.6) is 0 Å². The monoisotopic (exact) mass is 177 g/mol. The first-order valence-corrected chi connectivity index (χ1v) is 4.61. The fraction of sp³-hybridized carbons (Fsp3) is 0.455. The second-order valence-electron chi connectivity index (χ2n) is 3.33. The van der Waals surface area contributed by atoms with Crippen LogP contribution < -0.4 is 0 Å². The lowest BCUT2D eigenvalue weighted by atomic mass is 10.1. The molecule has 0 aromatic carbocycles. The van der Waals surface area contributed by atoms with Crippen LogP contribution in [0.15, 0.2) is 12.3 Å². The molecule has 0 fully saturated rings. The molecule has 0 spiro atoms. The van der Waals surface area contributed by atoms with E-state index >= 15 is 0 Å². The van der Waals surface area contributed by atoms with E-state index in [9.17, 15) is 4.79 Å². The van der Waals surface area contributed by atoms with Gasteiger partial charge in [-0.05, 0) is 37.5 Å². The zero-order chi connectivity index (χ0) is 9.84. The van der Waals surface area contributed by atoms with E-state index in [-0.39, 0.29) is 5.78 Å². The summed E-state index contributed by atoms with van der Waals surface area (Å²) in [5.74, 6) is 0.144. The second kappa shape index (κ2) is 4.17. The van der Waals surface area contributed by atoms with Gasteiger partial charge in [0, 0.05) is 12.6 Å². The smallest absolute Gasteiger partial charge is 0.181 e. The summed E-state index contributed by atoms with van der Waals surface area (Å²) in [5.41, 5.74) is 2.87. The summed E-state index contributed by atoms with van der Waals surface area (Å²) < 4.78 is 0. The Morgan fingerprint density at radius 1 is 1.38 bits per heavy atom. The average Bonchev–Trinajstić information content (AvgIpc) is 2.10. The topological polar surface area (TPSA) is 30.0 Å². The summed E-state index contributed by atoms with van der Waals surface area (Å²) in [7, 11) is 0. The molecule has 0 aliphatic heterocycles. The van der Waals surface area contributed by atoms with E-state index in [1.165, 1.54) is 0 Å². The second-order valence-corrected chi connectivity index (χ2v) is 3.33. The lowest BCUT2D eigenvalue weighted by molar-refractivity contribution is 0.0977. The van der Waals surface area contributed by atoms with Crippen molar-refractivity contribution in [2.45, 2.75) is 33.6 Å². The third-order valence-corrected chi connectivity index (χ3v) is 2.14. The van der Waals surface area contributed by atoms with Crippen LogP contribution in [0.2, 0.25) is 0 Å². The van der Waals surface area contributed by atoms with Crippen LogP contribution in [0.3, 0.4) is 0 Å². The van der Waals surface area contributed by atoms with Crippen molar-refractivity contribution in [2.24, 2.45) is 0 Å². The van der Waals surface area contributed by atoms with Crippen molar-refractivity contribution in [3.05, 3.63) is 29.1 Å². The summed E-state index contributed by atoms with van der Waals surface area (Å²) in [6.45, 7) is 6.00. The van der Waals surface area contributed by atoms with E-state index in [1.807, 2.05) is 26.8 Å². The molecule has 1 heterocycles. The van der Waals surface area contributed by atoms with E-state index < -0.39 is 0 Å². The molecule has 0 saturated carbocycles. The Kier molecular flexibility index (Phi) is 3.18. The number of rotatable bonds is 3. The number of carbonyl (C=O) groups excluding carboxylic acids is 1. The maximum atomic E-state index is 11.4. The molecule has 70 valence electrons. The normalized spacial score (nSPS) is 10.1. The van der Waals surface area contributed by atoms with Crippen LogP contribution >= 0.6 is 0 Å². The highest BCUT2D eigenvalue weighted by atomic mass is 16.1. The van der Waals surface area contributed by atoms with Crippen LogP contribution in [-0.4, -0.2) is 10.8 Å². The summed E-state index contributed by atoms with van der Waals surface area (Å²) in [5, 5.41) is 0. The maximum absolute atomic E-state index is 11.4. The van der Waals surface area contributed by atoms with E-state index in [2.05, 4.69) is 4.98 Å². The minimum Gasteiger partial charge on any atom is -0.292 e. The van der Waals surface area contributed by atoms with Gasteiger partial charge in [-0.15, -0.1) is 0 Å². The van der Waals surface area contributed by atoms with Gasteiger partial charge in [-0.1, -0.05) is 6.92 Å². The highest BCUT2D eigenvalue weighted by Gasteiger charge is 2.06. The van der Waals surface area contributed by atoms with Crippen molar-refractivity contribution in [3.8, 4) is 0 Å². The first kappa shape index (κ1) is 9.90. The predicted octanol–water partition coefficient (Wildman–Crippen LogP) is 2.68. The minimum absolute atomic E-state index is 0.144. The molecule has 1 rings (SSSR count). The molecule has 0 unspecified atom stereocenters. The molecule has 0 saturated heterocycles. The number of pyridine rings is 1. The molecule has 0 bridgehead atoms. The zero-order valence-electron chi connectivity index (χ0n) is 8.42. The third-order valence-electron chi connectivity index (χ3n) is 2.14. The van der Waals surface area contributed by atoms with E-state index in [0.29, 0.717) is 12.1 Å². The highest BCUT2D eigenvalue weighted by molar-refractivity contribution is 5.94. The number of Topliss-reactive ketones (excluding diaryl/α,β-unsaturated/α-hetero) is 1. The summed E-state index contributed by atoms with van der Waals surface area (Å²) in [6, 6.07) is 1.87. The molecule has 1 aromatic heterocycles. The van der Waals surface area contributed by atoms with Crippen molar-refractivity contribution >= 4 is 5.78 Å². The Labute approximate surface area is 79.0 Å². The summed E-state index contributed by atoms with van der Waals surface area (Å²) in [6.07, 6.45) is 3.24. The molecule has 2 heteroatoms. The molecule has 0 aliphatic carbocycles. The predicted molar refractivity (Wildman–Crippen MR) is 52.9 cm³/mol. The van der Waals surface area contributed by atoms with Crippen molar-refractivity contribution < 1.29 is 4.79 Å². The number of hydrogen-bond donors (Lipinski definition) is 0. The first-order valence-electron chi connectivity index (χ1n) is 4.61. The molecule has 2 nitrogen and oxygen atoms in total. The van der Waals surface area contributed by atoms with Crippen LogP contribution in [0, 0.1) is 13.8 Å². The van der Waals surface area contributed by atoms with Gasteiger partial charge in [0.1, 0.15) is 5.69 Å². The third kappa shape index (κ3) is 2.38. The Hall–Kier alpha value is -1.18. The van der Waals surface area contributed by atoms with Gasteiger partial charge in [0.2, 0.25) is 0 Å². The average molecular weight is 177 g/mol. The van der Waals surface area contributed by atoms with E-state index in [1.54, 1.807) is 6.20 Å². The van der Waals surface area contributed by atoms with Crippen LogP contribution in [0.25, 0.3) is 0 Å². The number of hydrogen-bond acceptors (Lipinski definition) is 2. The number of aryl methyl sites for hydroxylation is 2. The Bertz CT molecular complexity index is 318. The lowest BCUT2D eigenvalue weighted by Gasteiger charge is -2.02. The minimum atomic E-state index is 0.144. The first-order chi connectivity index (χ1) is 6.15. The van der Waals surface area contributed by atoms with Gasteiger partial charge in [0.15, 0.2) is 5.78 Å². The Balaban J connectivity index is 2.90. The van der Waals surface area contributed by atoms with Crippen molar-refractivity contribution in [1.29, 1.82) is 0 Å². The van der Waals surface area contributed by atoms with Crippen LogP contribution in [-0.2, 0) is 0 Å². The summed E-state index contributed by atoms with van der Waals surface area (Å²) in [4.78, 5) is 15.6. The molecule has 13 heavy (non-hydrogen) atoms. The molecular weight excluding hydrogens is 162 g/mol. The fourth-order valence-electron chi connectivity index (χ4n) is 1.13. The Morgan fingerprint density at radius 3 is 2.62 bits per heavy atom. The highest BCUT2D eigenvalue weighted by Crippen LogP contribution is 2.08. The lowest BCUT2D eigenvalue weighted by Crippen LogP contribution is -2.02. The van der Waals surface area contributed by atoms with Gasteiger partial charge in [-0.3, -0.25) is 9.78 Å². The van der Waals surface area contributed by atoms with Gasteiger partial charge in [-0.25, -0.2) is 0 Å². The van der Waals surface area contributed by atoms with Gasteiger partial charge < -0.3 is 0 Å².